The first-order valence-corrected chi connectivity index (χ1v) is 6.05. The standard InChI is InChI=1S/C16H9N5/c17-10-14-8-13(7-6-12-4-2-1-3-5-12)16(20-21-19)9-15(14)11-18/h1-9H. The molecule has 0 spiro atoms. The third-order valence-electron chi connectivity index (χ3n) is 2.82. The molecular formula is C16H9N5. The van der Waals surface area contributed by atoms with Gasteiger partial charge in [0.15, 0.2) is 0 Å². The van der Waals surface area contributed by atoms with Crippen LogP contribution >= 0.6 is 0 Å². The third-order valence-corrected chi connectivity index (χ3v) is 2.82. The maximum absolute atomic E-state index is 9.05. The Morgan fingerprint density at radius 2 is 1.67 bits per heavy atom. The van der Waals surface area contributed by atoms with E-state index in [4.69, 9.17) is 16.1 Å². The molecule has 0 N–H and O–H groups in total. The molecule has 0 unspecified atom stereocenters. The van der Waals surface area contributed by atoms with E-state index in [-0.39, 0.29) is 11.1 Å². The minimum absolute atomic E-state index is 0.191. The first-order chi connectivity index (χ1) is 10.3. The zero-order valence-electron chi connectivity index (χ0n) is 10.9. The summed E-state index contributed by atoms with van der Waals surface area (Å²) in [4.78, 5) is 2.75. The summed E-state index contributed by atoms with van der Waals surface area (Å²) in [6.45, 7) is 0. The molecule has 0 atom stereocenters. The van der Waals surface area contributed by atoms with Gasteiger partial charge in [0, 0.05) is 10.6 Å². The third kappa shape index (κ3) is 3.27. The van der Waals surface area contributed by atoms with Gasteiger partial charge in [0.05, 0.1) is 11.1 Å². The number of azide groups is 1. The van der Waals surface area contributed by atoms with E-state index in [0.29, 0.717) is 11.3 Å². The molecule has 2 rings (SSSR count). The molecule has 0 aliphatic rings. The molecule has 0 aliphatic carbocycles. The Kier molecular flexibility index (Phi) is 4.35. The van der Waals surface area contributed by atoms with Gasteiger partial charge in [0.25, 0.3) is 0 Å². The van der Waals surface area contributed by atoms with E-state index in [1.165, 1.54) is 6.07 Å². The highest BCUT2D eigenvalue weighted by Gasteiger charge is 2.07. The van der Waals surface area contributed by atoms with Crippen molar-refractivity contribution in [2.24, 2.45) is 5.11 Å². The first kappa shape index (κ1) is 13.9. The molecular weight excluding hydrogens is 262 g/mol. The summed E-state index contributed by atoms with van der Waals surface area (Å²) in [5.74, 6) is 0. The molecule has 0 amide bonds. The molecule has 98 valence electrons. The van der Waals surface area contributed by atoms with Gasteiger partial charge in [-0.15, -0.1) is 0 Å². The Bertz CT molecular complexity index is 816. The van der Waals surface area contributed by atoms with Crippen LogP contribution in [0.25, 0.3) is 22.6 Å². The van der Waals surface area contributed by atoms with Crippen LogP contribution in [0.1, 0.15) is 22.3 Å². The van der Waals surface area contributed by atoms with E-state index in [2.05, 4.69) is 10.0 Å². The fourth-order valence-electron chi connectivity index (χ4n) is 1.81. The van der Waals surface area contributed by atoms with Gasteiger partial charge in [-0.05, 0) is 28.8 Å². The Hall–Kier alpha value is -3.53. The highest BCUT2D eigenvalue weighted by atomic mass is 15.1. The second-order valence-corrected chi connectivity index (χ2v) is 4.11. The quantitative estimate of drug-likeness (QED) is 0.354. The second kappa shape index (κ2) is 6.58. The Balaban J connectivity index is 2.52. The van der Waals surface area contributed by atoms with Crippen LogP contribution in [0, 0.1) is 22.7 Å². The molecule has 0 saturated heterocycles. The van der Waals surface area contributed by atoms with Crippen LogP contribution in [0.2, 0.25) is 0 Å². The zero-order valence-corrected chi connectivity index (χ0v) is 10.9. The molecule has 2 aromatic rings. The maximum Gasteiger partial charge on any atom is 0.101 e. The largest absolute Gasteiger partial charge is 0.192 e. The van der Waals surface area contributed by atoms with Gasteiger partial charge >= 0.3 is 0 Å². The minimum Gasteiger partial charge on any atom is -0.192 e. The van der Waals surface area contributed by atoms with E-state index in [1.807, 2.05) is 48.5 Å². The van der Waals surface area contributed by atoms with E-state index in [9.17, 15) is 0 Å². The van der Waals surface area contributed by atoms with Crippen LogP contribution in [-0.2, 0) is 0 Å². The number of benzene rings is 2. The van der Waals surface area contributed by atoms with Crippen LogP contribution in [0.4, 0.5) is 5.69 Å². The molecule has 0 heterocycles. The smallest absolute Gasteiger partial charge is 0.101 e. The minimum atomic E-state index is 0.191. The van der Waals surface area contributed by atoms with Crippen molar-refractivity contribution in [1.82, 2.24) is 0 Å². The topological polar surface area (TPSA) is 96.3 Å². The van der Waals surface area contributed by atoms with E-state index in [0.717, 1.165) is 5.56 Å². The lowest BCUT2D eigenvalue weighted by Gasteiger charge is -2.03. The van der Waals surface area contributed by atoms with E-state index in [1.54, 1.807) is 12.1 Å². The van der Waals surface area contributed by atoms with Gasteiger partial charge in [-0.25, -0.2) is 0 Å². The number of nitrogens with zero attached hydrogens (tertiary/aromatic N) is 5. The first-order valence-electron chi connectivity index (χ1n) is 6.05. The van der Waals surface area contributed by atoms with E-state index >= 15 is 0 Å². The van der Waals surface area contributed by atoms with Crippen LogP contribution in [0.5, 0.6) is 0 Å². The van der Waals surface area contributed by atoms with Gasteiger partial charge in [-0.2, -0.15) is 10.5 Å². The number of rotatable bonds is 3. The Morgan fingerprint density at radius 1 is 1.00 bits per heavy atom. The molecule has 5 heteroatoms. The predicted octanol–water partition coefficient (Wildman–Crippen LogP) is 4.54. The molecule has 0 fully saturated rings. The molecule has 0 saturated carbocycles. The average Bonchev–Trinajstić information content (AvgIpc) is 2.54. The molecule has 21 heavy (non-hydrogen) atoms. The molecule has 0 radical (unpaired) electrons. The molecule has 2 aromatic carbocycles. The number of nitriles is 2. The van der Waals surface area contributed by atoms with Crippen molar-refractivity contribution >= 4 is 17.8 Å². The summed E-state index contributed by atoms with van der Waals surface area (Å²) in [5.41, 5.74) is 10.9. The van der Waals surface area contributed by atoms with Crippen molar-refractivity contribution in [1.29, 1.82) is 10.5 Å². The van der Waals surface area contributed by atoms with Crippen molar-refractivity contribution in [3.05, 3.63) is 75.2 Å². The van der Waals surface area contributed by atoms with Crippen molar-refractivity contribution in [2.75, 3.05) is 0 Å². The van der Waals surface area contributed by atoms with Gasteiger partial charge in [-0.3, -0.25) is 0 Å². The van der Waals surface area contributed by atoms with Gasteiger partial charge in [-0.1, -0.05) is 47.6 Å². The monoisotopic (exact) mass is 271 g/mol. The van der Waals surface area contributed by atoms with Crippen LogP contribution in [0.15, 0.2) is 47.6 Å². The molecule has 0 aromatic heterocycles. The number of hydrogen-bond donors (Lipinski definition) is 0. The van der Waals surface area contributed by atoms with Crippen LogP contribution in [0.3, 0.4) is 0 Å². The van der Waals surface area contributed by atoms with Crippen molar-refractivity contribution in [2.45, 2.75) is 0 Å². The maximum atomic E-state index is 9.05. The van der Waals surface area contributed by atoms with E-state index < -0.39 is 0 Å². The van der Waals surface area contributed by atoms with Gasteiger partial charge < -0.3 is 0 Å². The van der Waals surface area contributed by atoms with Crippen LogP contribution < -0.4 is 0 Å². The summed E-state index contributed by atoms with van der Waals surface area (Å²) < 4.78 is 0. The summed E-state index contributed by atoms with van der Waals surface area (Å²) >= 11 is 0. The highest BCUT2D eigenvalue weighted by molar-refractivity contribution is 5.77. The molecule has 5 nitrogen and oxygen atoms in total. The van der Waals surface area contributed by atoms with Crippen molar-refractivity contribution in [3.8, 4) is 12.1 Å². The number of hydrogen-bond acceptors (Lipinski definition) is 3. The van der Waals surface area contributed by atoms with Gasteiger partial charge in [0.2, 0.25) is 0 Å². The lowest BCUT2D eigenvalue weighted by molar-refractivity contribution is 1.39. The normalized spacial score (nSPS) is 9.62. The fraction of sp³-hybridized carbons (Fsp3) is 0. The lowest BCUT2D eigenvalue weighted by Crippen LogP contribution is -1.86. The summed E-state index contributed by atoms with van der Waals surface area (Å²) in [6, 6.07) is 16.4. The average molecular weight is 271 g/mol. The summed E-state index contributed by atoms with van der Waals surface area (Å²) in [7, 11) is 0. The van der Waals surface area contributed by atoms with Crippen molar-refractivity contribution < 1.29 is 0 Å². The SMILES string of the molecule is N#Cc1cc(C=Cc2ccccc2)c(N=[N+]=[N-])cc1C#N. The fourth-order valence-corrected chi connectivity index (χ4v) is 1.81. The van der Waals surface area contributed by atoms with Crippen molar-refractivity contribution in [3.63, 3.8) is 0 Å². The van der Waals surface area contributed by atoms with Crippen LogP contribution in [-0.4, -0.2) is 0 Å². The predicted molar refractivity (Wildman–Crippen MR) is 80.0 cm³/mol. The Labute approximate surface area is 121 Å². The molecule has 0 aliphatic heterocycles. The second-order valence-electron chi connectivity index (χ2n) is 4.11. The zero-order chi connectivity index (χ0) is 15.1. The highest BCUT2D eigenvalue weighted by Crippen LogP contribution is 2.26. The lowest BCUT2D eigenvalue weighted by atomic mass is 10.0. The van der Waals surface area contributed by atoms with Gasteiger partial charge in [0.1, 0.15) is 12.1 Å². The summed E-state index contributed by atoms with van der Waals surface area (Å²) in [5, 5.41) is 21.6. The molecule has 0 bridgehead atoms. The Morgan fingerprint density at radius 3 is 2.29 bits per heavy atom. The summed E-state index contributed by atoms with van der Waals surface area (Å²) in [6.07, 6.45) is 3.60.